The molecule has 2 atom stereocenters. The van der Waals surface area contributed by atoms with Crippen molar-refractivity contribution in [2.24, 2.45) is 0 Å². The minimum atomic E-state index is -0.0263. The second kappa shape index (κ2) is 10.6. The number of hydrogen-bond acceptors (Lipinski definition) is 6. The molecule has 2 aliphatic rings. The smallest absolute Gasteiger partial charge is 0.252 e. The van der Waals surface area contributed by atoms with Gasteiger partial charge in [0.2, 0.25) is 0 Å². The van der Waals surface area contributed by atoms with Crippen LogP contribution in [0.15, 0.2) is 23.0 Å². The summed E-state index contributed by atoms with van der Waals surface area (Å²) in [6, 6.07) is 6.67. The van der Waals surface area contributed by atoms with Gasteiger partial charge in [-0.25, -0.2) is 4.68 Å². The van der Waals surface area contributed by atoms with E-state index in [9.17, 15) is 4.79 Å². The van der Waals surface area contributed by atoms with Crippen LogP contribution in [-0.4, -0.2) is 49.3 Å². The summed E-state index contributed by atoms with van der Waals surface area (Å²) >= 11 is 0. The predicted octanol–water partition coefficient (Wildman–Crippen LogP) is 4.77. The second-order valence-electron chi connectivity index (χ2n) is 10.4. The highest BCUT2D eigenvalue weighted by Gasteiger charge is 2.31. The average Bonchev–Trinajstić information content (AvgIpc) is 3.53. The number of aromatic nitrogens is 5. The summed E-state index contributed by atoms with van der Waals surface area (Å²) in [7, 11) is 0. The van der Waals surface area contributed by atoms with Crippen LogP contribution in [-0.2, 0) is 11.3 Å². The van der Waals surface area contributed by atoms with Crippen molar-refractivity contribution in [1.82, 2.24) is 30.1 Å². The number of benzene rings is 1. The molecule has 0 radical (unpaired) electrons. The van der Waals surface area contributed by atoms with Crippen molar-refractivity contribution in [3.05, 3.63) is 51.1 Å². The Morgan fingerprint density at radius 2 is 1.97 bits per heavy atom. The maximum atomic E-state index is 13.2. The zero-order chi connectivity index (χ0) is 24.4. The molecule has 3 heterocycles. The fourth-order valence-corrected chi connectivity index (χ4v) is 6.01. The van der Waals surface area contributed by atoms with Crippen molar-refractivity contribution in [1.29, 1.82) is 0 Å². The van der Waals surface area contributed by atoms with Crippen LogP contribution in [0.25, 0.3) is 10.9 Å². The lowest BCUT2D eigenvalue weighted by Gasteiger charge is -2.33. The molecule has 0 amide bonds. The normalized spacial score (nSPS) is 20.2. The molecule has 2 aromatic heterocycles. The molecule has 5 rings (SSSR count). The van der Waals surface area contributed by atoms with Gasteiger partial charge in [0.05, 0.1) is 18.2 Å². The van der Waals surface area contributed by atoms with Crippen molar-refractivity contribution in [3.8, 4) is 0 Å². The summed E-state index contributed by atoms with van der Waals surface area (Å²) in [6.07, 6.45) is 9.18. The molecular weight excluding hydrogens is 440 g/mol. The summed E-state index contributed by atoms with van der Waals surface area (Å²) in [5.74, 6) is 0.918. The van der Waals surface area contributed by atoms with E-state index in [1.165, 1.54) is 24.8 Å². The first-order chi connectivity index (χ1) is 17.0. The lowest BCUT2D eigenvalue weighted by atomic mass is 9.95. The van der Waals surface area contributed by atoms with Crippen molar-refractivity contribution in [2.75, 3.05) is 13.2 Å². The standard InChI is InChI=1S/C27H38N6O2/c1-4-25(26-29-30-31-33(26)21-9-6-5-7-10-21)32(17-22-11-8-12-35-22)16-20-15-23-19(3)13-18(2)14-24(23)28-27(20)34/h13-15,21-22,25H,4-12,16-17H2,1-3H3,(H,28,34). The van der Waals surface area contributed by atoms with Crippen LogP contribution in [0.2, 0.25) is 0 Å². The number of fused-ring (bicyclic) bond motifs is 1. The van der Waals surface area contributed by atoms with Gasteiger partial charge in [0.25, 0.3) is 5.56 Å². The topological polar surface area (TPSA) is 88.9 Å². The Hall–Kier alpha value is -2.58. The summed E-state index contributed by atoms with van der Waals surface area (Å²) in [6.45, 7) is 8.46. The molecule has 0 spiro atoms. The Morgan fingerprint density at radius 3 is 2.71 bits per heavy atom. The number of ether oxygens (including phenoxy) is 1. The first-order valence-electron chi connectivity index (χ1n) is 13.3. The minimum Gasteiger partial charge on any atom is -0.377 e. The summed E-state index contributed by atoms with van der Waals surface area (Å²) in [5, 5.41) is 14.2. The molecule has 1 saturated heterocycles. The zero-order valence-corrected chi connectivity index (χ0v) is 21.3. The van der Waals surface area contributed by atoms with Gasteiger partial charge in [-0.3, -0.25) is 9.69 Å². The number of H-pyrrole nitrogens is 1. The predicted molar refractivity (Wildman–Crippen MR) is 136 cm³/mol. The average molecular weight is 479 g/mol. The van der Waals surface area contributed by atoms with Crippen LogP contribution in [0.4, 0.5) is 0 Å². The van der Waals surface area contributed by atoms with Crippen molar-refractivity contribution in [2.45, 2.75) is 96.9 Å². The van der Waals surface area contributed by atoms with Crippen LogP contribution in [0.3, 0.4) is 0 Å². The Kier molecular flexibility index (Phi) is 7.29. The number of nitrogens with zero attached hydrogens (tertiary/aromatic N) is 5. The molecule has 1 aromatic carbocycles. The maximum Gasteiger partial charge on any atom is 0.252 e. The Bertz CT molecular complexity index is 1210. The first-order valence-corrected chi connectivity index (χ1v) is 13.3. The van der Waals surface area contributed by atoms with E-state index in [2.05, 4.69) is 63.0 Å². The van der Waals surface area contributed by atoms with E-state index >= 15 is 0 Å². The summed E-state index contributed by atoms with van der Waals surface area (Å²) < 4.78 is 8.10. The van der Waals surface area contributed by atoms with Crippen LogP contribution >= 0.6 is 0 Å². The van der Waals surface area contributed by atoms with Gasteiger partial charge in [-0.1, -0.05) is 32.3 Å². The van der Waals surface area contributed by atoms with Gasteiger partial charge in [-0.05, 0) is 79.6 Å². The third kappa shape index (κ3) is 5.19. The fraction of sp³-hybridized carbons (Fsp3) is 0.630. The number of nitrogens with one attached hydrogen (secondary N) is 1. The lowest BCUT2D eigenvalue weighted by Crippen LogP contribution is -2.38. The highest BCUT2D eigenvalue weighted by Crippen LogP contribution is 2.33. The van der Waals surface area contributed by atoms with Crippen LogP contribution < -0.4 is 5.56 Å². The molecule has 0 bridgehead atoms. The third-order valence-corrected chi connectivity index (χ3v) is 7.79. The number of tetrazole rings is 1. The van der Waals surface area contributed by atoms with Gasteiger partial charge in [0.1, 0.15) is 0 Å². The first kappa shape index (κ1) is 24.1. The number of hydrogen-bond donors (Lipinski definition) is 1. The molecule has 35 heavy (non-hydrogen) atoms. The molecule has 2 unspecified atom stereocenters. The highest BCUT2D eigenvalue weighted by atomic mass is 16.5. The molecule has 8 heteroatoms. The van der Waals surface area contributed by atoms with Gasteiger partial charge >= 0.3 is 0 Å². The molecule has 2 fully saturated rings. The van der Waals surface area contributed by atoms with Crippen LogP contribution in [0.1, 0.15) is 92.9 Å². The lowest BCUT2D eigenvalue weighted by molar-refractivity contribution is 0.0481. The maximum absolute atomic E-state index is 13.2. The molecular formula is C27H38N6O2. The number of aryl methyl sites for hydroxylation is 2. The highest BCUT2D eigenvalue weighted by molar-refractivity contribution is 5.83. The second-order valence-corrected chi connectivity index (χ2v) is 10.4. The van der Waals surface area contributed by atoms with E-state index in [1.807, 2.05) is 6.07 Å². The summed E-state index contributed by atoms with van der Waals surface area (Å²) in [5.41, 5.74) is 3.98. The van der Waals surface area contributed by atoms with Crippen molar-refractivity contribution < 1.29 is 4.74 Å². The molecule has 8 nitrogen and oxygen atoms in total. The van der Waals surface area contributed by atoms with Crippen molar-refractivity contribution in [3.63, 3.8) is 0 Å². The third-order valence-electron chi connectivity index (χ3n) is 7.79. The summed E-state index contributed by atoms with van der Waals surface area (Å²) in [4.78, 5) is 18.7. The Balaban J connectivity index is 1.50. The monoisotopic (exact) mass is 478 g/mol. The van der Waals surface area contributed by atoms with E-state index in [4.69, 9.17) is 4.74 Å². The zero-order valence-electron chi connectivity index (χ0n) is 21.3. The number of aromatic amines is 1. The Morgan fingerprint density at radius 1 is 1.14 bits per heavy atom. The van der Waals surface area contributed by atoms with Crippen LogP contribution in [0, 0.1) is 13.8 Å². The van der Waals surface area contributed by atoms with Gasteiger partial charge < -0.3 is 9.72 Å². The molecule has 3 aromatic rings. The molecule has 1 saturated carbocycles. The molecule has 1 N–H and O–H groups in total. The van der Waals surface area contributed by atoms with E-state index in [-0.39, 0.29) is 17.7 Å². The quantitative estimate of drug-likeness (QED) is 0.502. The molecule has 1 aliphatic heterocycles. The van der Waals surface area contributed by atoms with E-state index in [0.29, 0.717) is 12.6 Å². The molecule has 188 valence electrons. The molecule has 1 aliphatic carbocycles. The van der Waals surface area contributed by atoms with Gasteiger partial charge in [-0.2, -0.15) is 0 Å². The fourth-order valence-electron chi connectivity index (χ4n) is 6.01. The number of rotatable bonds is 8. The van der Waals surface area contributed by atoms with Crippen molar-refractivity contribution >= 4 is 10.9 Å². The van der Waals surface area contributed by atoms with Gasteiger partial charge in [0.15, 0.2) is 5.82 Å². The van der Waals surface area contributed by atoms with Gasteiger partial charge in [0, 0.05) is 36.2 Å². The van der Waals surface area contributed by atoms with E-state index in [1.54, 1.807) is 0 Å². The Labute approximate surface area is 207 Å². The minimum absolute atomic E-state index is 0.0188. The number of pyridine rings is 1. The largest absolute Gasteiger partial charge is 0.377 e. The van der Waals surface area contributed by atoms with Crippen LogP contribution in [0.5, 0.6) is 0 Å². The van der Waals surface area contributed by atoms with E-state index < -0.39 is 0 Å². The van der Waals surface area contributed by atoms with Gasteiger partial charge in [-0.15, -0.1) is 5.10 Å². The SMILES string of the molecule is CCC(c1nnnn1C1CCCCC1)N(Cc1cc2c(C)cc(C)cc2[nH]c1=O)CC1CCCO1. The van der Waals surface area contributed by atoms with E-state index in [0.717, 1.165) is 73.1 Å².